The summed E-state index contributed by atoms with van der Waals surface area (Å²) in [6.07, 6.45) is 0.895. The van der Waals surface area contributed by atoms with E-state index in [9.17, 15) is 18.4 Å². The molecule has 1 saturated heterocycles. The van der Waals surface area contributed by atoms with E-state index in [0.29, 0.717) is 18.5 Å². The Labute approximate surface area is 128 Å². The summed E-state index contributed by atoms with van der Waals surface area (Å²) in [4.78, 5) is 23.8. The van der Waals surface area contributed by atoms with Crippen LogP contribution >= 0.6 is 0 Å². The van der Waals surface area contributed by atoms with Gasteiger partial charge >= 0.3 is 0 Å². The lowest BCUT2D eigenvalue weighted by atomic mass is 9.94. The second-order valence-corrected chi connectivity index (χ2v) is 5.69. The van der Waals surface area contributed by atoms with E-state index in [1.165, 1.54) is 0 Å². The predicted molar refractivity (Wildman–Crippen MR) is 78.5 cm³/mol. The van der Waals surface area contributed by atoms with Crippen molar-refractivity contribution in [3.63, 3.8) is 0 Å². The number of ketones is 1. The van der Waals surface area contributed by atoms with Gasteiger partial charge in [0.25, 0.3) is 0 Å². The number of carbonyl (C=O) groups is 2. The monoisotopic (exact) mass is 310 g/mol. The molecule has 22 heavy (non-hydrogen) atoms. The van der Waals surface area contributed by atoms with Crippen LogP contribution in [0.4, 0.5) is 8.78 Å². The maximum atomic E-state index is 13.5. The summed E-state index contributed by atoms with van der Waals surface area (Å²) in [5, 5.41) is 6.10. The molecular weight excluding hydrogens is 290 g/mol. The molecule has 2 rings (SSSR count). The Morgan fingerprint density at radius 2 is 2.09 bits per heavy atom. The van der Waals surface area contributed by atoms with Crippen molar-refractivity contribution in [1.29, 1.82) is 0 Å². The average molecular weight is 310 g/mol. The molecule has 0 aromatic heterocycles. The molecule has 1 fully saturated rings. The van der Waals surface area contributed by atoms with Crippen molar-refractivity contribution in [1.82, 2.24) is 10.6 Å². The molecule has 0 saturated carbocycles. The molecule has 4 nitrogen and oxygen atoms in total. The summed E-state index contributed by atoms with van der Waals surface area (Å²) in [5.41, 5.74) is -0.179. The van der Waals surface area contributed by atoms with Gasteiger partial charge in [0, 0.05) is 31.5 Å². The highest BCUT2D eigenvalue weighted by Gasteiger charge is 2.23. The Bertz CT molecular complexity index is 563. The van der Waals surface area contributed by atoms with Crippen LogP contribution in [0.15, 0.2) is 18.2 Å². The van der Waals surface area contributed by atoms with E-state index in [4.69, 9.17) is 0 Å². The van der Waals surface area contributed by atoms with E-state index in [0.717, 1.165) is 25.1 Å². The van der Waals surface area contributed by atoms with Crippen LogP contribution in [-0.4, -0.2) is 30.8 Å². The number of nitrogens with one attached hydrogen (secondary N) is 2. The van der Waals surface area contributed by atoms with Crippen LogP contribution in [0.1, 0.15) is 36.5 Å². The SMILES string of the molecule is CC1CCNCC1NC(=O)CCC(=O)c1ccc(F)cc1F. The molecule has 1 aromatic carbocycles. The molecule has 1 aliphatic rings. The van der Waals surface area contributed by atoms with Crippen LogP contribution in [0.25, 0.3) is 0 Å². The summed E-state index contributed by atoms with van der Waals surface area (Å²) in [7, 11) is 0. The molecule has 1 aliphatic heterocycles. The lowest BCUT2D eigenvalue weighted by Crippen LogP contribution is -2.50. The first-order valence-corrected chi connectivity index (χ1v) is 7.45. The third-order valence-corrected chi connectivity index (χ3v) is 3.98. The van der Waals surface area contributed by atoms with E-state index in [1.54, 1.807) is 0 Å². The van der Waals surface area contributed by atoms with E-state index < -0.39 is 17.4 Å². The maximum Gasteiger partial charge on any atom is 0.220 e. The highest BCUT2D eigenvalue weighted by molar-refractivity contribution is 5.98. The third kappa shape index (κ3) is 4.34. The minimum atomic E-state index is -0.893. The minimum Gasteiger partial charge on any atom is -0.352 e. The fourth-order valence-electron chi connectivity index (χ4n) is 2.54. The predicted octanol–water partition coefficient (Wildman–Crippen LogP) is 2.04. The molecule has 0 spiro atoms. The number of hydrogen-bond donors (Lipinski definition) is 2. The molecule has 1 amide bonds. The van der Waals surface area contributed by atoms with Gasteiger partial charge in [0.05, 0.1) is 5.56 Å². The molecule has 0 aliphatic carbocycles. The average Bonchev–Trinajstić information content (AvgIpc) is 2.47. The number of piperidine rings is 1. The first-order valence-electron chi connectivity index (χ1n) is 7.45. The standard InChI is InChI=1S/C16H20F2N2O2/c1-10-6-7-19-9-14(10)20-16(22)5-4-15(21)12-3-2-11(17)8-13(12)18/h2-3,8,10,14,19H,4-7,9H2,1H3,(H,20,22). The minimum absolute atomic E-state index is 0.00112. The third-order valence-electron chi connectivity index (χ3n) is 3.98. The second kappa shape index (κ2) is 7.45. The zero-order valence-corrected chi connectivity index (χ0v) is 12.5. The maximum absolute atomic E-state index is 13.5. The zero-order chi connectivity index (χ0) is 16.1. The molecule has 6 heteroatoms. The number of Topliss-reactive ketones (excluding diaryl/α,β-unsaturated/α-hetero) is 1. The van der Waals surface area contributed by atoms with Gasteiger partial charge in [0.1, 0.15) is 11.6 Å². The normalized spacial score (nSPS) is 21.4. The lowest BCUT2D eigenvalue weighted by molar-refractivity contribution is -0.122. The highest BCUT2D eigenvalue weighted by Crippen LogP contribution is 2.14. The van der Waals surface area contributed by atoms with Crippen LogP contribution in [0, 0.1) is 17.6 Å². The Morgan fingerprint density at radius 3 is 2.77 bits per heavy atom. The fraction of sp³-hybridized carbons (Fsp3) is 0.500. The highest BCUT2D eigenvalue weighted by atomic mass is 19.1. The lowest BCUT2D eigenvalue weighted by Gasteiger charge is -2.30. The molecule has 1 aromatic rings. The van der Waals surface area contributed by atoms with Gasteiger partial charge in [0.15, 0.2) is 5.78 Å². The van der Waals surface area contributed by atoms with Gasteiger partial charge in [-0.25, -0.2) is 8.78 Å². The number of amides is 1. The summed E-state index contributed by atoms with van der Waals surface area (Å²) in [6.45, 7) is 3.73. The van der Waals surface area contributed by atoms with Crippen LogP contribution in [0.2, 0.25) is 0 Å². The van der Waals surface area contributed by atoms with E-state index >= 15 is 0 Å². The van der Waals surface area contributed by atoms with Crippen LogP contribution < -0.4 is 10.6 Å². The first-order chi connectivity index (χ1) is 10.5. The Kier molecular flexibility index (Phi) is 5.60. The van der Waals surface area contributed by atoms with Gasteiger partial charge in [-0.1, -0.05) is 6.92 Å². The second-order valence-electron chi connectivity index (χ2n) is 5.69. The summed E-state index contributed by atoms with van der Waals surface area (Å²) in [6, 6.07) is 2.87. The smallest absolute Gasteiger partial charge is 0.220 e. The van der Waals surface area contributed by atoms with Crippen LogP contribution in [0.3, 0.4) is 0 Å². The van der Waals surface area contributed by atoms with Crippen molar-refractivity contribution >= 4 is 11.7 Å². The number of rotatable bonds is 5. The Balaban J connectivity index is 1.84. The number of hydrogen-bond acceptors (Lipinski definition) is 3. The zero-order valence-electron chi connectivity index (χ0n) is 12.5. The van der Waals surface area contributed by atoms with E-state index in [2.05, 4.69) is 17.6 Å². The Morgan fingerprint density at radius 1 is 1.32 bits per heavy atom. The van der Waals surface area contributed by atoms with Crippen molar-refractivity contribution in [2.24, 2.45) is 5.92 Å². The molecule has 0 radical (unpaired) electrons. The molecule has 1 heterocycles. The number of halogens is 2. The molecule has 2 N–H and O–H groups in total. The van der Waals surface area contributed by atoms with E-state index in [-0.39, 0.29) is 30.4 Å². The van der Waals surface area contributed by atoms with Gasteiger partial charge in [-0.15, -0.1) is 0 Å². The molecule has 2 atom stereocenters. The van der Waals surface area contributed by atoms with Crippen molar-refractivity contribution in [2.45, 2.75) is 32.2 Å². The van der Waals surface area contributed by atoms with Gasteiger partial charge in [-0.2, -0.15) is 0 Å². The van der Waals surface area contributed by atoms with Gasteiger partial charge in [-0.05, 0) is 31.0 Å². The summed E-state index contributed by atoms with van der Waals surface area (Å²) >= 11 is 0. The number of benzene rings is 1. The van der Waals surface area contributed by atoms with Crippen molar-refractivity contribution in [3.05, 3.63) is 35.4 Å². The van der Waals surface area contributed by atoms with Crippen molar-refractivity contribution in [3.8, 4) is 0 Å². The topological polar surface area (TPSA) is 58.2 Å². The van der Waals surface area contributed by atoms with Crippen molar-refractivity contribution in [2.75, 3.05) is 13.1 Å². The van der Waals surface area contributed by atoms with Gasteiger partial charge < -0.3 is 10.6 Å². The summed E-state index contributed by atoms with van der Waals surface area (Å²) in [5.74, 6) is -1.96. The molecular formula is C16H20F2N2O2. The van der Waals surface area contributed by atoms with Crippen LogP contribution in [-0.2, 0) is 4.79 Å². The van der Waals surface area contributed by atoms with Crippen LogP contribution in [0.5, 0.6) is 0 Å². The van der Waals surface area contributed by atoms with Gasteiger partial charge in [-0.3, -0.25) is 9.59 Å². The molecule has 120 valence electrons. The summed E-state index contributed by atoms with van der Waals surface area (Å²) < 4.78 is 26.3. The first kappa shape index (κ1) is 16.5. The van der Waals surface area contributed by atoms with Gasteiger partial charge in [0.2, 0.25) is 5.91 Å². The fourth-order valence-corrected chi connectivity index (χ4v) is 2.54. The largest absolute Gasteiger partial charge is 0.352 e. The molecule has 2 unspecified atom stereocenters. The van der Waals surface area contributed by atoms with Crippen molar-refractivity contribution < 1.29 is 18.4 Å². The number of carbonyl (C=O) groups excluding carboxylic acids is 2. The Hall–Kier alpha value is -1.82. The van der Waals surface area contributed by atoms with E-state index in [1.807, 2.05) is 0 Å². The quantitative estimate of drug-likeness (QED) is 0.818. The molecule has 0 bridgehead atoms.